The first-order valence-electron chi connectivity index (χ1n) is 8.93. The molecule has 2 N–H and O–H groups in total. The zero-order chi connectivity index (χ0) is 19.1. The van der Waals surface area contributed by atoms with Gasteiger partial charge in [0, 0.05) is 52.4 Å². The van der Waals surface area contributed by atoms with Gasteiger partial charge in [0.15, 0.2) is 0 Å². The molecule has 0 atom stereocenters. The normalized spacial score (nSPS) is 11.4. The maximum atomic E-state index is 11.4. The summed E-state index contributed by atoms with van der Waals surface area (Å²) >= 11 is 0. The average Bonchev–Trinajstić information content (AvgIpc) is 2.62. The molecule has 0 aromatic rings. The lowest BCUT2D eigenvalue weighted by atomic mass is 10.3. The minimum atomic E-state index is -0.237. The van der Waals surface area contributed by atoms with Gasteiger partial charge in [0.25, 0.3) is 0 Å². The van der Waals surface area contributed by atoms with Crippen LogP contribution in [0.1, 0.15) is 19.8 Å². The average molecular weight is 360 g/mol. The van der Waals surface area contributed by atoms with Crippen LogP contribution in [0.15, 0.2) is 0 Å². The number of methoxy groups -OCH3 is 2. The molecule has 8 heteroatoms. The quantitative estimate of drug-likeness (QED) is 0.396. The van der Waals surface area contributed by atoms with Gasteiger partial charge in [0.1, 0.15) is 0 Å². The van der Waals surface area contributed by atoms with Crippen LogP contribution >= 0.6 is 0 Å². The predicted octanol–water partition coefficient (Wildman–Crippen LogP) is -0.373. The molecule has 0 radical (unpaired) electrons. The summed E-state index contributed by atoms with van der Waals surface area (Å²) in [5.74, 6) is -0.474. The molecule has 0 unspecified atom stereocenters. The van der Waals surface area contributed by atoms with E-state index in [-0.39, 0.29) is 11.9 Å². The smallest absolute Gasteiger partial charge is 0.306 e. The van der Waals surface area contributed by atoms with E-state index in [1.807, 2.05) is 0 Å². The van der Waals surface area contributed by atoms with Crippen molar-refractivity contribution in [1.82, 2.24) is 14.7 Å². The van der Waals surface area contributed by atoms with E-state index in [4.69, 9.17) is 15.2 Å². The minimum absolute atomic E-state index is 0.237. The number of nitrogens with two attached hydrogens (primary N) is 1. The Labute approximate surface area is 152 Å². The van der Waals surface area contributed by atoms with Crippen LogP contribution in [0.25, 0.3) is 0 Å². The van der Waals surface area contributed by atoms with E-state index in [9.17, 15) is 9.59 Å². The van der Waals surface area contributed by atoms with Gasteiger partial charge in [-0.15, -0.1) is 0 Å². The molecular weight excluding hydrogens is 324 g/mol. The van der Waals surface area contributed by atoms with Crippen LogP contribution in [0.5, 0.6) is 0 Å². The van der Waals surface area contributed by atoms with E-state index in [1.54, 1.807) is 0 Å². The second-order valence-corrected chi connectivity index (χ2v) is 6.02. The first kappa shape index (κ1) is 23.8. The molecule has 0 aliphatic heterocycles. The number of hydrogen-bond acceptors (Lipinski definition) is 8. The minimum Gasteiger partial charge on any atom is -0.469 e. The molecule has 148 valence electrons. The van der Waals surface area contributed by atoms with Crippen molar-refractivity contribution in [3.8, 4) is 0 Å². The topological polar surface area (TPSA) is 88.3 Å². The SMILES string of the molecule is CCN(CCN(C)CCN)CCN(CCC(=O)OC)CCC(=O)OC. The fraction of sp³-hybridized carbons (Fsp3) is 0.882. The highest BCUT2D eigenvalue weighted by atomic mass is 16.5. The van der Waals surface area contributed by atoms with Crippen LogP contribution in [0, 0.1) is 0 Å². The number of likely N-dealkylation sites (N-methyl/N-ethyl adjacent to an activating group) is 2. The van der Waals surface area contributed by atoms with Gasteiger partial charge in [-0.05, 0) is 13.6 Å². The van der Waals surface area contributed by atoms with E-state index in [0.29, 0.717) is 32.5 Å². The Hall–Kier alpha value is -1.22. The van der Waals surface area contributed by atoms with Gasteiger partial charge in [-0.2, -0.15) is 0 Å². The van der Waals surface area contributed by atoms with Crippen LogP contribution in [0.3, 0.4) is 0 Å². The zero-order valence-corrected chi connectivity index (χ0v) is 16.3. The van der Waals surface area contributed by atoms with Gasteiger partial charge < -0.3 is 29.9 Å². The van der Waals surface area contributed by atoms with Crippen molar-refractivity contribution in [3.63, 3.8) is 0 Å². The summed E-state index contributed by atoms with van der Waals surface area (Å²) in [6.07, 6.45) is 0.645. The number of carbonyl (C=O) groups is 2. The summed E-state index contributed by atoms with van der Waals surface area (Å²) in [5, 5.41) is 0. The highest BCUT2D eigenvalue weighted by molar-refractivity contribution is 5.70. The van der Waals surface area contributed by atoms with E-state index >= 15 is 0 Å². The third kappa shape index (κ3) is 12.7. The summed E-state index contributed by atoms with van der Waals surface area (Å²) in [4.78, 5) is 29.4. The zero-order valence-electron chi connectivity index (χ0n) is 16.3. The fourth-order valence-corrected chi connectivity index (χ4v) is 2.39. The standard InChI is InChI=1S/C17H36N4O4/c1-5-20(13-12-19(2)11-8-18)14-15-21(9-6-16(22)24-3)10-7-17(23)25-4/h5-15,18H2,1-4H3. The molecule has 0 heterocycles. The molecule has 0 fully saturated rings. The van der Waals surface area contributed by atoms with Gasteiger partial charge in [0.2, 0.25) is 0 Å². The number of hydrogen-bond donors (Lipinski definition) is 1. The second-order valence-electron chi connectivity index (χ2n) is 6.02. The number of carbonyl (C=O) groups excluding carboxylic acids is 2. The van der Waals surface area contributed by atoms with Gasteiger partial charge in [-0.25, -0.2) is 0 Å². The van der Waals surface area contributed by atoms with Crippen LogP contribution in [-0.4, -0.2) is 107 Å². The Morgan fingerprint density at radius 2 is 1.28 bits per heavy atom. The molecule has 0 aromatic carbocycles. The monoisotopic (exact) mass is 360 g/mol. The largest absolute Gasteiger partial charge is 0.469 e. The molecule has 0 aliphatic rings. The van der Waals surface area contributed by atoms with Crippen molar-refractivity contribution in [2.75, 3.05) is 80.2 Å². The van der Waals surface area contributed by atoms with Gasteiger partial charge in [-0.3, -0.25) is 9.59 Å². The first-order chi connectivity index (χ1) is 12.0. The van der Waals surface area contributed by atoms with Crippen LogP contribution < -0.4 is 5.73 Å². The van der Waals surface area contributed by atoms with Crippen LogP contribution in [-0.2, 0) is 19.1 Å². The van der Waals surface area contributed by atoms with Crippen molar-refractivity contribution in [1.29, 1.82) is 0 Å². The molecule has 25 heavy (non-hydrogen) atoms. The molecule has 0 saturated carbocycles. The molecular formula is C17H36N4O4. The highest BCUT2D eigenvalue weighted by Crippen LogP contribution is 1.99. The lowest BCUT2D eigenvalue weighted by Gasteiger charge is -2.28. The summed E-state index contributed by atoms with van der Waals surface area (Å²) in [6, 6.07) is 0. The van der Waals surface area contributed by atoms with E-state index in [2.05, 4.69) is 28.7 Å². The van der Waals surface area contributed by atoms with Crippen LogP contribution in [0.2, 0.25) is 0 Å². The summed E-state index contributed by atoms with van der Waals surface area (Å²) in [7, 11) is 4.84. The molecule has 0 rings (SSSR count). The number of rotatable bonds is 15. The summed E-state index contributed by atoms with van der Waals surface area (Å²) in [6.45, 7) is 9.42. The Balaban J connectivity index is 4.37. The van der Waals surface area contributed by atoms with E-state index < -0.39 is 0 Å². The predicted molar refractivity (Wildman–Crippen MR) is 98.4 cm³/mol. The molecule has 0 bridgehead atoms. The summed E-state index contributed by atoms with van der Waals surface area (Å²) < 4.78 is 9.40. The molecule has 0 saturated heterocycles. The maximum absolute atomic E-state index is 11.4. The number of nitrogens with zero attached hydrogens (tertiary/aromatic N) is 3. The van der Waals surface area contributed by atoms with Crippen molar-refractivity contribution in [3.05, 3.63) is 0 Å². The third-order valence-corrected chi connectivity index (χ3v) is 4.21. The maximum Gasteiger partial charge on any atom is 0.306 e. The van der Waals surface area contributed by atoms with Crippen molar-refractivity contribution < 1.29 is 19.1 Å². The van der Waals surface area contributed by atoms with Crippen molar-refractivity contribution in [2.45, 2.75) is 19.8 Å². The van der Waals surface area contributed by atoms with E-state index in [1.165, 1.54) is 14.2 Å². The first-order valence-corrected chi connectivity index (χ1v) is 8.93. The van der Waals surface area contributed by atoms with Crippen LogP contribution in [0.4, 0.5) is 0 Å². The Morgan fingerprint density at radius 1 is 0.800 bits per heavy atom. The molecule has 0 amide bonds. The Morgan fingerprint density at radius 3 is 1.72 bits per heavy atom. The Bertz CT molecular complexity index is 349. The number of esters is 2. The molecule has 0 aromatic heterocycles. The second kappa shape index (κ2) is 15.1. The van der Waals surface area contributed by atoms with Gasteiger partial charge in [0.05, 0.1) is 27.1 Å². The van der Waals surface area contributed by atoms with Crippen molar-refractivity contribution in [2.24, 2.45) is 5.73 Å². The van der Waals surface area contributed by atoms with E-state index in [0.717, 1.165) is 39.3 Å². The number of ether oxygens (including phenoxy) is 2. The molecule has 0 spiro atoms. The summed E-state index contributed by atoms with van der Waals surface area (Å²) in [5.41, 5.74) is 5.57. The fourth-order valence-electron chi connectivity index (χ4n) is 2.39. The molecule has 0 aliphatic carbocycles. The third-order valence-electron chi connectivity index (χ3n) is 4.21. The van der Waals surface area contributed by atoms with Gasteiger partial charge >= 0.3 is 11.9 Å². The Kier molecular flexibility index (Phi) is 14.3. The van der Waals surface area contributed by atoms with Crippen molar-refractivity contribution >= 4 is 11.9 Å². The molecule has 8 nitrogen and oxygen atoms in total. The highest BCUT2D eigenvalue weighted by Gasteiger charge is 2.13. The lowest BCUT2D eigenvalue weighted by Crippen LogP contribution is -2.40. The van der Waals surface area contributed by atoms with Gasteiger partial charge in [-0.1, -0.05) is 6.92 Å². The lowest BCUT2D eigenvalue weighted by molar-refractivity contribution is -0.141.